The molecule has 2 aliphatic rings. The summed E-state index contributed by atoms with van der Waals surface area (Å²) in [5.41, 5.74) is 6.59. The van der Waals surface area contributed by atoms with Crippen LogP contribution in [0.15, 0.2) is 43.0 Å². The van der Waals surface area contributed by atoms with Crippen molar-refractivity contribution < 1.29 is 42.1 Å². The highest BCUT2D eigenvalue weighted by atomic mass is 31.2. The lowest BCUT2D eigenvalue weighted by molar-refractivity contribution is -0.142. The van der Waals surface area contributed by atoms with Gasteiger partial charge in [-0.2, -0.15) is 5.09 Å². The van der Waals surface area contributed by atoms with Crippen molar-refractivity contribution in [1.29, 1.82) is 0 Å². The van der Waals surface area contributed by atoms with Crippen molar-refractivity contribution in [3.8, 4) is 5.75 Å². The van der Waals surface area contributed by atoms with Gasteiger partial charge in [-0.15, -0.1) is 0 Å². The third-order valence-corrected chi connectivity index (χ3v) is 7.76. The van der Waals surface area contributed by atoms with E-state index in [4.69, 9.17) is 33.7 Å². The summed E-state index contributed by atoms with van der Waals surface area (Å²) in [5, 5.41) is 2.58. The number of carbonyl (C=O) groups excluding carboxylic acids is 2. The summed E-state index contributed by atoms with van der Waals surface area (Å²) in [5.74, 6) is -0.281. The SMILES string of the molecule is COC(=O)[C@H](C)NP(=O)(Oc1ccccc1)O[C@@H](C)[C@H]1O[C@@H](n2cnc3c(N)ncnc32)[C@@H]2OC(=O)O[C@@H]21. The van der Waals surface area contributed by atoms with E-state index in [-0.39, 0.29) is 11.6 Å². The molecular weight excluding hydrogens is 523 g/mol. The highest BCUT2D eigenvalue weighted by Gasteiger charge is 2.58. The number of para-hydroxylation sites is 1. The number of methoxy groups -OCH3 is 1. The lowest BCUT2D eigenvalue weighted by Crippen LogP contribution is -2.40. The Labute approximate surface area is 216 Å². The lowest BCUT2D eigenvalue weighted by atomic mass is 10.1. The Hall–Kier alpha value is -3.78. The van der Waals surface area contributed by atoms with Crippen LogP contribution in [0, 0.1) is 0 Å². The average molecular weight is 548 g/mol. The third-order valence-electron chi connectivity index (χ3n) is 5.99. The van der Waals surface area contributed by atoms with Crippen molar-refractivity contribution in [1.82, 2.24) is 24.6 Å². The Kier molecular flexibility index (Phi) is 6.92. The van der Waals surface area contributed by atoms with Crippen LogP contribution in [-0.2, 0) is 32.8 Å². The number of ether oxygens (including phenoxy) is 4. The molecule has 2 saturated heterocycles. The molecule has 0 aliphatic carbocycles. The number of anilines is 1. The number of hydrogen-bond acceptors (Lipinski definition) is 13. The number of fused-ring (bicyclic) bond motifs is 2. The molecule has 5 rings (SSSR count). The van der Waals surface area contributed by atoms with Crippen LogP contribution in [0.3, 0.4) is 0 Å². The third kappa shape index (κ3) is 4.88. The second kappa shape index (κ2) is 10.2. The van der Waals surface area contributed by atoms with Crippen molar-refractivity contribution in [3.63, 3.8) is 0 Å². The highest BCUT2D eigenvalue weighted by molar-refractivity contribution is 7.52. The van der Waals surface area contributed by atoms with Gasteiger partial charge in [-0.3, -0.25) is 13.9 Å². The maximum absolute atomic E-state index is 13.9. The average Bonchev–Trinajstić information content (AvgIpc) is 3.57. The van der Waals surface area contributed by atoms with E-state index in [2.05, 4.69) is 20.0 Å². The molecule has 0 spiro atoms. The molecule has 0 saturated carbocycles. The predicted molar refractivity (Wildman–Crippen MR) is 129 cm³/mol. The number of rotatable bonds is 9. The van der Waals surface area contributed by atoms with Gasteiger partial charge in [-0.25, -0.2) is 24.3 Å². The molecule has 0 radical (unpaired) electrons. The quantitative estimate of drug-likeness (QED) is 0.291. The maximum atomic E-state index is 13.9. The Morgan fingerprint density at radius 3 is 2.63 bits per heavy atom. The van der Waals surface area contributed by atoms with Gasteiger partial charge in [0.1, 0.15) is 29.7 Å². The molecule has 38 heavy (non-hydrogen) atoms. The number of imidazole rings is 1. The molecule has 1 aromatic carbocycles. The number of nitrogens with zero attached hydrogens (tertiary/aromatic N) is 4. The van der Waals surface area contributed by atoms with Crippen LogP contribution in [0.5, 0.6) is 5.75 Å². The highest BCUT2D eigenvalue weighted by Crippen LogP contribution is 2.49. The molecule has 3 aromatic rings. The topological polar surface area (TPSA) is 188 Å². The van der Waals surface area contributed by atoms with E-state index in [1.165, 1.54) is 31.3 Å². The predicted octanol–water partition coefficient (Wildman–Crippen LogP) is 1.95. The van der Waals surface area contributed by atoms with Crippen molar-refractivity contribution in [2.24, 2.45) is 0 Å². The molecule has 1 unspecified atom stereocenters. The normalized spacial score (nSPS) is 25.6. The Morgan fingerprint density at radius 2 is 1.89 bits per heavy atom. The Bertz CT molecular complexity index is 1390. The van der Waals surface area contributed by atoms with Gasteiger partial charge in [0.05, 0.1) is 19.5 Å². The molecule has 2 aromatic heterocycles. The van der Waals surface area contributed by atoms with E-state index < -0.39 is 56.6 Å². The Morgan fingerprint density at radius 1 is 1.16 bits per heavy atom. The minimum absolute atomic E-state index is 0.168. The number of aromatic nitrogens is 4. The number of nitrogens with one attached hydrogen (secondary N) is 1. The summed E-state index contributed by atoms with van der Waals surface area (Å²) in [4.78, 5) is 36.5. The number of nitrogens with two attached hydrogens (primary N) is 1. The number of carbonyl (C=O) groups is 2. The molecule has 2 aliphatic heterocycles. The van der Waals surface area contributed by atoms with Gasteiger partial charge >= 0.3 is 19.9 Å². The first-order chi connectivity index (χ1) is 18.2. The summed E-state index contributed by atoms with van der Waals surface area (Å²) in [6, 6.07) is 7.24. The standard InChI is InChI=1S/C22H25N6O9P/c1-11(21(29)32-3)27-38(31,37-13-7-5-4-6-8-13)36-12(2)15-16-17(35-22(30)34-16)20(33-15)28-10-26-14-18(23)24-9-25-19(14)28/h4-12,15-17,20H,1-3H3,(H,27,31)(H2,23,24,25)/t11-,12-,15+,16+,17+,20+,38?/m0/s1. The van der Waals surface area contributed by atoms with E-state index in [0.29, 0.717) is 11.2 Å². The number of esters is 1. The van der Waals surface area contributed by atoms with E-state index in [9.17, 15) is 14.2 Å². The minimum atomic E-state index is -4.22. The Balaban J connectivity index is 1.42. The zero-order chi connectivity index (χ0) is 27.0. The fourth-order valence-electron chi connectivity index (χ4n) is 4.28. The number of hydrogen-bond donors (Lipinski definition) is 2. The van der Waals surface area contributed by atoms with Crippen LogP contribution in [0.4, 0.5) is 10.6 Å². The molecular formula is C22H25N6O9P. The fourth-order valence-corrected chi connectivity index (χ4v) is 5.97. The van der Waals surface area contributed by atoms with Crippen molar-refractivity contribution in [2.75, 3.05) is 12.8 Å². The van der Waals surface area contributed by atoms with E-state index in [1.54, 1.807) is 37.3 Å². The van der Waals surface area contributed by atoms with E-state index in [0.717, 1.165) is 0 Å². The molecule has 16 heteroatoms. The van der Waals surface area contributed by atoms with Crippen LogP contribution in [0.2, 0.25) is 0 Å². The van der Waals surface area contributed by atoms with E-state index in [1.807, 2.05) is 0 Å². The van der Waals surface area contributed by atoms with Gasteiger partial charge < -0.3 is 29.2 Å². The van der Waals surface area contributed by atoms with E-state index >= 15 is 0 Å². The van der Waals surface area contributed by atoms with Gasteiger partial charge in [0, 0.05) is 0 Å². The molecule has 7 atom stereocenters. The maximum Gasteiger partial charge on any atom is 0.509 e. The van der Waals surface area contributed by atoms with Crippen LogP contribution >= 0.6 is 7.75 Å². The second-order valence-corrected chi connectivity index (χ2v) is 10.2. The van der Waals surface area contributed by atoms with Crippen LogP contribution in [0.25, 0.3) is 11.2 Å². The number of benzene rings is 1. The summed E-state index contributed by atoms with van der Waals surface area (Å²) in [7, 11) is -3.02. The van der Waals surface area contributed by atoms with Crippen molar-refractivity contribution >= 4 is 36.9 Å². The zero-order valence-electron chi connectivity index (χ0n) is 20.5. The molecule has 2 fully saturated rings. The summed E-state index contributed by atoms with van der Waals surface area (Å²) in [6.45, 7) is 3.01. The van der Waals surface area contributed by atoms with Gasteiger partial charge in [-0.05, 0) is 26.0 Å². The molecule has 202 valence electrons. The first kappa shape index (κ1) is 25.9. The lowest BCUT2D eigenvalue weighted by Gasteiger charge is -2.28. The molecule has 15 nitrogen and oxygen atoms in total. The molecule has 0 amide bonds. The summed E-state index contributed by atoms with van der Waals surface area (Å²) < 4.78 is 48.6. The smallest absolute Gasteiger partial charge is 0.468 e. The summed E-state index contributed by atoms with van der Waals surface area (Å²) >= 11 is 0. The zero-order valence-corrected chi connectivity index (χ0v) is 21.4. The molecule has 4 heterocycles. The van der Waals surface area contributed by atoms with Crippen molar-refractivity contribution in [3.05, 3.63) is 43.0 Å². The van der Waals surface area contributed by atoms with Crippen LogP contribution < -0.4 is 15.3 Å². The summed E-state index contributed by atoms with van der Waals surface area (Å²) in [6.07, 6.45) is -2.90. The van der Waals surface area contributed by atoms with Gasteiger partial charge in [0.2, 0.25) is 0 Å². The fraction of sp³-hybridized carbons (Fsp3) is 0.409. The number of nitrogen functional groups attached to an aromatic ring is 1. The van der Waals surface area contributed by atoms with Gasteiger partial charge in [0.15, 0.2) is 29.9 Å². The molecule has 3 N–H and O–H groups in total. The van der Waals surface area contributed by atoms with Crippen LogP contribution in [-0.4, -0.2) is 69.2 Å². The first-order valence-corrected chi connectivity index (χ1v) is 13.1. The van der Waals surface area contributed by atoms with Crippen LogP contribution in [0.1, 0.15) is 20.1 Å². The first-order valence-electron chi connectivity index (χ1n) is 11.5. The molecule has 0 bridgehead atoms. The monoisotopic (exact) mass is 548 g/mol. The second-order valence-electron chi connectivity index (χ2n) is 8.58. The van der Waals surface area contributed by atoms with Gasteiger partial charge in [0.25, 0.3) is 0 Å². The largest absolute Gasteiger partial charge is 0.509 e. The minimum Gasteiger partial charge on any atom is -0.468 e. The van der Waals surface area contributed by atoms with Crippen molar-refractivity contribution in [2.45, 2.75) is 50.5 Å². The van der Waals surface area contributed by atoms with Gasteiger partial charge in [-0.1, -0.05) is 18.2 Å².